The van der Waals surface area contributed by atoms with E-state index >= 15 is 0 Å². The summed E-state index contributed by atoms with van der Waals surface area (Å²) in [4.78, 5) is 13.9. The number of ether oxygens (including phenoxy) is 2. The number of hydrogen-bond acceptors (Lipinski definition) is 3. The molecule has 4 saturated carbocycles. The molecule has 6 unspecified atom stereocenters. The maximum atomic E-state index is 12.7. The molecular formula is C30H27O3S+. The Balaban J connectivity index is 0.989. The first-order valence-electron chi connectivity index (χ1n) is 12.5. The van der Waals surface area contributed by atoms with Crippen LogP contribution in [0.4, 0.5) is 0 Å². The van der Waals surface area contributed by atoms with Gasteiger partial charge in [0.2, 0.25) is 0 Å². The van der Waals surface area contributed by atoms with E-state index in [0.717, 1.165) is 11.8 Å². The molecule has 3 aromatic carbocycles. The van der Waals surface area contributed by atoms with Gasteiger partial charge >= 0.3 is 5.97 Å². The van der Waals surface area contributed by atoms with Crippen LogP contribution in [0.3, 0.4) is 0 Å². The van der Waals surface area contributed by atoms with Crippen molar-refractivity contribution in [1.82, 2.24) is 0 Å². The van der Waals surface area contributed by atoms with E-state index in [0.29, 0.717) is 23.0 Å². The van der Waals surface area contributed by atoms with Crippen molar-refractivity contribution in [2.24, 2.45) is 29.1 Å². The average molecular weight is 468 g/mol. The van der Waals surface area contributed by atoms with E-state index in [4.69, 9.17) is 9.47 Å². The maximum absolute atomic E-state index is 12.7. The van der Waals surface area contributed by atoms with E-state index in [2.05, 4.69) is 67.6 Å². The number of rotatable bonds is 5. The molecule has 6 atom stereocenters. The van der Waals surface area contributed by atoms with Gasteiger partial charge in [-0.05, 0) is 79.8 Å². The van der Waals surface area contributed by atoms with Gasteiger partial charge < -0.3 is 9.47 Å². The summed E-state index contributed by atoms with van der Waals surface area (Å²) in [7, 11) is -0.118. The van der Waals surface area contributed by atoms with Crippen LogP contribution in [0.5, 0.6) is 5.75 Å². The first-order valence-corrected chi connectivity index (χ1v) is 13.7. The fourth-order valence-corrected chi connectivity index (χ4v) is 10.5. The molecular weight excluding hydrogens is 440 g/mol. The van der Waals surface area contributed by atoms with E-state index in [-0.39, 0.29) is 28.6 Å². The Labute approximate surface area is 201 Å². The van der Waals surface area contributed by atoms with Gasteiger partial charge in [0.15, 0.2) is 20.9 Å². The lowest BCUT2D eigenvalue weighted by Crippen LogP contribution is -2.69. The third-order valence-electron chi connectivity index (χ3n) is 9.68. The highest BCUT2D eigenvalue weighted by Gasteiger charge is 2.86. The van der Waals surface area contributed by atoms with Crippen molar-refractivity contribution in [2.45, 2.75) is 31.8 Å². The van der Waals surface area contributed by atoms with Crippen molar-refractivity contribution in [3.8, 4) is 10.6 Å². The highest BCUT2D eigenvalue weighted by molar-refractivity contribution is 7.50. The molecule has 34 heavy (non-hydrogen) atoms. The van der Waals surface area contributed by atoms with Crippen molar-refractivity contribution in [2.75, 3.05) is 6.61 Å². The number of carbonyl (C=O) groups is 1. The second-order valence-corrected chi connectivity index (χ2v) is 13.0. The largest absolute Gasteiger partial charge is 0.482 e. The van der Waals surface area contributed by atoms with Gasteiger partial charge in [-0.25, -0.2) is 4.79 Å². The number of carbonyl (C=O) groups excluding carboxylic acids is 1. The molecule has 8 rings (SSSR count). The SMILES string of the molecule is CC1(OC(=O)COc2ccc(-[s+]3c4ccccc4c4ccccc43)cc2)C2CC3CC34CC1C24. The standard InChI is InChI=1S/C30H27O3S/c1-29(23-14-18-15-30(18)16-24(29)28(23)30)33-27(31)17-32-19-10-12-20(13-11-19)34-25-8-4-2-6-21(25)22-7-3-5-9-26(22)34/h2-13,18,23-24,28H,14-17H2,1H3/q+1. The molecule has 0 radical (unpaired) electrons. The summed E-state index contributed by atoms with van der Waals surface area (Å²) in [5.41, 5.74) is 0.429. The topological polar surface area (TPSA) is 35.5 Å². The first kappa shape index (κ1) is 19.5. The summed E-state index contributed by atoms with van der Waals surface area (Å²) in [6, 6.07) is 25.6. The molecule has 4 aromatic rings. The van der Waals surface area contributed by atoms with Gasteiger partial charge in [-0.2, -0.15) is 0 Å². The van der Waals surface area contributed by atoms with Crippen molar-refractivity contribution < 1.29 is 14.3 Å². The summed E-state index contributed by atoms with van der Waals surface area (Å²) >= 11 is 0. The highest BCUT2D eigenvalue weighted by Crippen LogP contribution is 2.88. The van der Waals surface area contributed by atoms with E-state index in [1.54, 1.807) is 0 Å². The van der Waals surface area contributed by atoms with Gasteiger partial charge in [-0.15, -0.1) is 0 Å². The Hall–Kier alpha value is -2.85. The third-order valence-corrected chi connectivity index (χ3v) is 12.0. The van der Waals surface area contributed by atoms with Gasteiger partial charge in [-0.1, -0.05) is 24.3 Å². The molecule has 1 spiro atoms. The molecule has 1 heterocycles. The Morgan fingerprint density at radius 1 is 0.912 bits per heavy atom. The van der Waals surface area contributed by atoms with Crippen LogP contribution in [0.25, 0.3) is 25.1 Å². The number of fused-ring (bicyclic) bond motifs is 3. The fraction of sp³-hybridized carbons (Fsp3) is 0.367. The zero-order valence-corrected chi connectivity index (χ0v) is 20.0. The van der Waals surface area contributed by atoms with Gasteiger partial charge in [0.25, 0.3) is 0 Å². The smallest absolute Gasteiger partial charge is 0.344 e. The lowest BCUT2D eigenvalue weighted by molar-refractivity contribution is -0.266. The van der Waals surface area contributed by atoms with E-state index < -0.39 is 0 Å². The molecule has 0 aliphatic heterocycles. The number of benzene rings is 3. The number of esters is 1. The second kappa shape index (κ2) is 6.42. The summed E-state index contributed by atoms with van der Waals surface area (Å²) in [5, 5.41) is 2.65. The minimum Gasteiger partial charge on any atom is -0.482 e. The molecule has 0 N–H and O–H groups in total. The van der Waals surface area contributed by atoms with Crippen LogP contribution in [0.1, 0.15) is 26.2 Å². The van der Waals surface area contributed by atoms with Gasteiger partial charge in [0.1, 0.15) is 11.4 Å². The van der Waals surface area contributed by atoms with E-state index in [1.165, 1.54) is 44.3 Å². The molecule has 0 saturated heterocycles. The molecule has 1 aromatic heterocycles. The summed E-state index contributed by atoms with van der Waals surface area (Å²) in [6.07, 6.45) is 3.98. The molecule has 0 amide bonds. The van der Waals surface area contributed by atoms with Crippen LogP contribution in [0, 0.1) is 29.1 Å². The van der Waals surface area contributed by atoms with Crippen molar-refractivity contribution in [3.05, 3.63) is 72.8 Å². The molecule has 4 aliphatic rings. The fourth-order valence-electron chi connectivity index (χ4n) is 8.08. The maximum Gasteiger partial charge on any atom is 0.344 e. The monoisotopic (exact) mass is 467 g/mol. The van der Waals surface area contributed by atoms with Crippen LogP contribution in [-0.2, 0) is 9.53 Å². The van der Waals surface area contributed by atoms with Crippen LogP contribution >= 0.6 is 10.5 Å². The minimum atomic E-state index is -0.252. The second-order valence-electron chi connectivity index (χ2n) is 11.0. The molecule has 0 bridgehead atoms. The minimum absolute atomic E-state index is 0.0228. The molecule has 4 heteroatoms. The average Bonchev–Trinajstić information content (AvgIpc) is 3.44. The van der Waals surface area contributed by atoms with Gasteiger partial charge in [0.05, 0.1) is 0 Å². The summed E-state index contributed by atoms with van der Waals surface area (Å²) in [5.74, 6) is 3.43. The Bertz CT molecular complexity index is 1430. The van der Waals surface area contributed by atoms with Crippen molar-refractivity contribution in [1.29, 1.82) is 0 Å². The lowest BCUT2D eigenvalue weighted by atomic mass is 9.41. The predicted molar refractivity (Wildman–Crippen MR) is 136 cm³/mol. The zero-order chi connectivity index (χ0) is 22.7. The van der Waals surface area contributed by atoms with Crippen LogP contribution in [0.2, 0.25) is 0 Å². The molecule has 4 aliphatic carbocycles. The Morgan fingerprint density at radius 2 is 1.59 bits per heavy atom. The number of thiophene rings is 1. The van der Waals surface area contributed by atoms with Crippen molar-refractivity contribution >= 4 is 36.6 Å². The summed E-state index contributed by atoms with van der Waals surface area (Å²) < 4.78 is 14.6. The lowest BCUT2D eigenvalue weighted by Gasteiger charge is -2.66. The van der Waals surface area contributed by atoms with Gasteiger partial charge in [-0.3, -0.25) is 0 Å². The number of hydrogen-bond donors (Lipinski definition) is 0. The zero-order valence-electron chi connectivity index (χ0n) is 19.2. The van der Waals surface area contributed by atoms with E-state index in [1.807, 2.05) is 12.1 Å². The summed E-state index contributed by atoms with van der Waals surface area (Å²) in [6.45, 7) is 2.15. The molecule has 4 fully saturated rings. The normalized spacial score (nSPS) is 34.1. The molecule has 3 nitrogen and oxygen atoms in total. The predicted octanol–water partition coefficient (Wildman–Crippen LogP) is 7.09. The van der Waals surface area contributed by atoms with Crippen LogP contribution in [-0.4, -0.2) is 18.2 Å². The van der Waals surface area contributed by atoms with Crippen molar-refractivity contribution in [3.63, 3.8) is 0 Å². The Morgan fingerprint density at radius 3 is 2.29 bits per heavy atom. The van der Waals surface area contributed by atoms with E-state index in [9.17, 15) is 4.79 Å². The third kappa shape index (κ3) is 2.35. The van der Waals surface area contributed by atoms with Gasteiger partial charge in [0, 0.05) is 45.2 Å². The Kier molecular flexibility index (Phi) is 3.68. The molecule has 170 valence electrons. The van der Waals surface area contributed by atoms with Crippen LogP contribution < -0.4 is 4.74 Å². The first-order chi connectivity index (χ1) is 16.6. The quantitative estimate of drug-likeness (QED) is 0.232. The highest BCUT2D eigenvalue weighted by atomic mass is 32.2. The van der Waals surface area contributed by atoms with Crippen LogP contribution in [0.15, 0.2) is 72.8 Å².